The summed E-state index contributed by atoms with van der Waals surface area (Å²) in [6.45, 7) is 2.22. The zero-order valence-electron chi connectivity index (χ0n) is 18.8. The minimum absolute atomic E-state index is 0. The Hall–Kier alpha value is -2.05. The van der Waals surface area contributed by atoms with Crippen LogP contribution >= 0.6 is 38.9 Å². The Balaban J connectivity index is 0.00000320. The van der Waals surface area contributed by atoms with E-state index in [0.29, 0.717) is 32.3 Å². The number of imidazole rings is 1. The van der Waals surface area contributed by atoms with Crippen LogP contribution in [0.25, 0.3) is 22.3 Å². The van der Waals surface area contributed by atoms with Crippen LogP contribution in [-0.4, -0.2) is 58.4 Å². The van der Waals surface area contributed by atoms with Gasteiger partial charge in [0, 0.05) is 5.02 Å². The molecule has 0 radical (unpaired) electrons. The van der Waals surface area contributed by atoms with Gasteiger partial charge in [0.2, 0.25) is 0 Å². The number of hydrogen-bond acceptors (Lipinski definition) is 6. The second-order valence-electron chi connectivity index (χ2n) is 7.95. The molecule has 0 saturated heterocycles. The molecule has 0 aliphatic carbocycles. The predicted molar refractivity (Wildman–Crippen MR) is 152 cm³/mol. The van der Waals surface area contributed by atoms with Crippen LogP contribution in [-0.2, 0) is 16.6 Å². The Morgan fingerprint density at radius 1 is 1.03 bits per heavy atom. The molecule has 12 heteroatoms. The van der Waals surface area contributed by atoms with Gasteiger partial charge in [0.05, 0.1) is 10.3 Å². The first-order valence-electron chi connectivity index (χ1n) is 10.7. The number of pyridine rings is 1. The number of aryl methyl sites for hydroxylation is 1. The SMILES string of the molecule is Cc1nc2ccc(C(=O)NS(=O)(=O)c3ccc(Br)s3)nc2n1Cc1ccc(-c2ccccc2)cc1Cl.[NaH]. The van der Waals surface area contributed by atoms with Crippen LogP contribution in [0.3, 0.4) is 0 Å². The van der Waals surface area contributed by atoms with Gasteiger partial charge in [0.1, 0.15) is 21.2 Å². The summed E-state index contributed by atoms with van der Waals surface area (Å²) < 4.78 is 29.7. The molecule has 0 unspecified atom stereocenters. The third-order valence-corrected chi connectivity index (χ3v) is 9.34. The van der Waals surface area contributed by atoms with E-state index in [0.717, 1.165) is 28.0 Å². The van der Waals surface area contributed by atoms with E-state index in [2.05, 4.69) is 30.6 Å². The molecule has 0 aliphatic rings. The third kappa shape index (κ3) is 6.01. The van der Waals surface area contributed by atoms with Crippen molar-refractivity contribution in [3.63, 3.8) is 0 Å². The number of hydrogen-bond donors (Lipinski definition) is 1. The number of rotatable bonds is 6. The Labute approximate surface area is 253 Å². The van der Waals surface area contributed by atoms with Crippen LogP contribution in [0.1, 0.15) is 21.9 Å². The van der Waals surface area contributed by atoms with Crippen molar-refractivity contribution in [2.45, 2.75) is 17.7 Å². The number of thiophene rings is 1. The summed E-state index contributed by atoms with van der Waals surface area (Å²) in [7, 11) is -4.02. The van der Waals surface area contributed by atoms with E-state index in [-0.39, 0.29) is 39.5 Å². The van der Waals surface area contributed by atoms with Crippen molar-refractivity contribution >= 4 is 95.5 Å². The summed E-state index contributed by atoms with van der Waals surface area (Å²) >= 11 is 10.9. The molecule has 2 aromatic carbocycles. The molecule has 37 heavy (non-hydrogen) atoms. The quantitative estimate of drug-likeness (QED) is 0.255. The second kappa shape index (κ2) is 11.4. The molecule has 1 N–H and O–H groups in total. The fraction of sp³-hybridized carbons (Fsp3) is 0.0800. The van der Waals surface area contributed by atoms with Gasteiger partial charge in [-0.25, -0.2) is 23.1 Å². The molecule has 184 valence electrons. The van der Waals surface area contributed by atoms with Gasteiger partial charge in [-0.2, -0.15) is 0 Å². The zero-order chi connectivity index (χ0) is 25.4. The first kappa shape index (κ1) is 28.0. The van der Waals surface area contributed by atoms with E-state index in [4.69, 9.17) is 11.6 Å². The summed E-state index contributed by atoms with van der Waals surface area (Å²) in [6.07, 6.45) is 0. The maximum absolute atomic E-state index is 12.8. The van der Waals surface area contributed by atoms with E-state index in [1.54, 1.807) is 12.1 Å². The van der Waals surface area contributed by atoms with Gasteiger partial charge in [-0.05, 0) is 69.9 Å². The van der Waals surface area contributed by atoms with Gasteiger partial charge in [-0.15, -0.1) is 11.3 Å². The Morgan fingerprint density at radius 2 is 1.78 bits per heavy atom. The monoisotopic (exact) mass is 624 g/mol. The zero-order valence-corrected chi connectivity index (χ0v) is 22.7. The summed E-state index contributed by atoms with van der Waals surface area (Å²) in [6, 6.07) is 22.0. The molecule has 3 heterocycles. The van der Waals surface area contributed by atoms with Crippen molar-refractivity contribution in [2.24, 2.45) is 0 Å². The molecule has 3 aromatic heterocycles. The fourth-order valence-corrected chi connectivity index (χ4v) is 6.96. The van der Waals surface area contributed by atoms with Gasteiger partial charge in [0.25, 0.3) is 15.9 Å². The van der Waals surface area contributed by atoms with Crippen molar-refractivity contribution in [3.05, 3.63) is 98.7 Å². The topological polar surface area (TPSA) is 93.9 Å². The minimum atomic E-state index is -4.02. The number of fused-ring (bicyclic) bond motifs is 1. The summed E-state index contributed by atoms with van der Waals surface area (Å²) in [5.41, 5.74) is 3.95. The van der Waals surface area contributed by atoms with E-state index in [1.807, 2.05) is 60.0 Å². The molecule has 7 nitrogen and oxygen atoms in total. The number of benzene rings is 2. The van der Waals surface area contributed by atoms with Crippen molar-refractivity contribution in [2.75, 3.05) is 0 Å². The van der Waals surface area contributed by atoms with E-state index in [1.165, 1.54) is 12.1 Å². The molecule has 0 spiro atoms. The number of amides is 1. The summed E-state index contributed by atoms with van der Waals surface area (Å²) in [5.74, 6) is -0.133. The number of carbonyl (C=O) groups excluding carboxylic acids is 1. The molecule has 0 fully saturated rings. The normalized spacial score (nSPS) is 11.3. The standard InChI is InChI=1S/C25H18BrClN4O3S2.Na.H/c1-15-28-20-9-10-21(25(32)30-36(33,34)23-12-11-22(26)35-23)29-24(20)31(15)14-18-8-7-17(13-19(18)27)16-5-3-2-4-6-16;;/h2-13H,14H2,1H3,(H,30,32);;. The van der Waals surface area contributed by atoms with Crippen molar-refractivity contribution < 1.29 is 13.2 Å². The molecule has 1 amide bonds. The Kier molecular flexibility index (Phi) is 8.59. The van der Waals surface area contributed by atoms with Gasteiger partial charge in [-0.1, -0.05) is 54.1 Å². The molecule has 0 bridgehead atoms. The van der Waals surface area contributed by atoms with Crippen LogP contribution in [0.15, 0.2) is 80.8 Å². The number of nitrogens with one attached hydrogen (secondary N) is 1. The molecule has 5 aromatic rings. The van der Waals surface area contributed by atoms with Crippen LogP contribution in [0, 0.1) is 6.92 Å². The van der Waals surface area contributed by atoms with Gasteiger partial charge in [-0.3, -0.25) is 4.79 Å². The maximum atomic E-state index is 12.8. The Bertz CT molecular complexity index is 1720. The van der Waals surface area contributed by atoms with Gasteiger partial charge < -0.3 is 4.57 Å². The Morgan fingerprint density at radius 3 is 2.46 bits per heavy atom. The fourth-order valence-electron chi connectivity index (χ4n) is 3.75. The molecule has 5 rings (SSSR count). The molecular formula is C25H19BrClN4NaO3S2. The number of aromatic nitrogens is 3. The van der Waals surface area contributed by atoms with Crippen molar-refractivity contribution in [1.29, 1.82) is 0 Å². The first-order chi connectivity index (χ1) is 17.2. The summed E-state index contributed by atoms with van der Waals surface area (Å²) in [5, 5.41) is 0.597. The van der Waals surface area contributed by atoms with Gasteiger partial charge in [0.15, 0.2) is 5.65 Å². The van der Waals surface area contributed by atoms with Crippen LogP contribution in [0.5, 0.6) is 0 Å². The van der Waals surface area contributed by atoms with Crippen LogP contribution in [0.2, 0.25) is 5.02 Å². The molecule has 0 atom stereocenters. The molecular weight excluding hydrogens is 607 g/mol. The molecule has 0 saturated carbocycles. The van der Waals surface area contributed by atoms with E-state index >= 15 is 0 Å². The average Bonchev–Trinajstić information content (AvgIpc) is 3.43. The van der Waals surface area contributed by atoms with Crippen molar-refractivity contribution in [3.8, 4) is 11.1 Å². The molecule has 0 aliphatic heterocycles. The van der Waals surface area contributed by atoms with E-state index in [9.17, 15) is 13.2 Å². The third-order valence-electron chi connectivity index (χ3n) is 5.54. The van der Waals surface area contributed by atoms with Gasteiger partial charge >= 0.3 is 29.6 Å². The van der Waals surface area contributed by atoms with Crippen molar-refractivity contribution in [1.82, 2.24) is 19.3 Å². The first-order valence-corrected chi connectivity index (χ1v) is 14.2. The second-order valence-corrected chi connectivity index (χ2v) is 12.7. The van der Waals surface area contributed by atoms with Crippen LogP contribution in [0.4, 0.5) is 0 Å². The predicted octanol–water partition coefficient (Wildman–Crippen LogP) is 5.40. The average molecular weight is 626 g/mol. The number of carbonyl (C=O) groups is 1. The number of nitrogens with zero attached hydrogens (tertiary/aromatic N) is 3. The summed E-state index contributed by atoms with van der Waals surface area (Å²) in [4.78, 5) is 21.8. The number of halogens is 2. The van der Waals surface area contributed by atoms with Crippen LogP contribution < -0.4 is 4.72 Å². The number of sulfonamides is 1. The van der Waals surface area contributed by atoms with E-state index < -0.39 is 15.9 Å².